The minimum absolute atomic E-state index is 0.0550. The minimum atomic E-state index is -2.79. The van der Waals surface area contributed by atoms with Gasteiger partial charge in [-0.15, -0.1) is 0 Å². The maximum atomic E-state index is 12.1. The Morgan fingerprint density at radius 1 is 1.26 bits per heavy atom. The van der Waals surface area contributed by atoms with Crippen LogP contribution >= 0.6 is 0 Å². The van der Waals surface area contributed by atoms with Crippen molar-refractivity contribution in [1.29, 1.82) is 0 Å². The van der Waals surface area contributed by atoms with Gasteiger partial charge in [-0.05, 0) is 38.0 Å². The number of nitrogens with one attached hydrogen (secondary N) is 1. The Hall–Kier alpha value is -1.20. The summed E-state index contributed by atoms with van der Waals surface area (Å²) in [5.41, 5.74) is 0.968. The molecule has 0 radical (unpaired) electrons. The van der Waals surface area contributed by atoms with Crippen LogP contribution in [0.1, 0.15) is 31.9 Å². The van der Waals surface area contributed by atoms with Crippen molar-refractivity contribution in [3.63, 3.8) is 0 Å². The monoisotopic (exact) mass is 271 g/mol. The number of ether oxygens (including phenoxy) is 2. The molecular weight excluding hydrogens is 252 g/mol. The Morgan fingerprint density at radius 3 is 2.58 bits per heavy atom. The molecule has 2 rings (SSSR count). The summed E-state index contributed by atoms with van der Waals surface area (Å²) in [4.78, 5) is 0. The minimum Gasteiger partial charge on any atom is -0.435 e. The van der Waals surface area contributed by atoms with Gasteiger partial charge in [-0.25, -0.2) is 0 Å². The summed E-state index contributed by atoms with van der Waals surface area (Å²) in [5.74, 6) is 0.168. The lowest BCUT2D eigenvalue weighted by Crippen LogP contribution is -2.27. The van der Waals surface area contributed by atoms with E-state index >= 15 is 0 Å². The number of rotatable bonds is 3. The van der Waals surface area contributed by atoms with Gasteiger partial charge < -0.3 is 14.8 Å². The molecule has 3 atom stereocenters. The number of hydrogen-bond donors (Lipinski definition) is 1. The molecule has 1 aromatic carbocycles. The second kappa shape index (κ2) is 6.30. The lowest BCUT2D eigenvalue weighted by atomic mass is 10.1. The average molecular weight is 271 g/mol. The van der Waals surface area contributed by atoms with E-state index in [4.69, 9.17) is 4.74 Å². The van der Waals surface area contributed by atoms with Gasteiger partial charge in [0.05, 0.1) is 12.2 Å². The molecule has 0 aromatic heterocycles. The summed E-state index contributed by atoms with van der Waals surface area (Å²) in [6.45, 7) is 2.11. The van der Waals surface area contributed by atoms with Crippen LogP contribution in [0.15, 0.2) is 24.3 Å². The Morgan fingerprint density at radius 2 is 1.95 bits per heavy atom. The average Bonchev–Trinajstić information content (AvgIpc) is 2.50. The molecule has 0 aliphatic carbocycles. The van der Waals surface area contributed by atoms with Gasteiger partial charge in [0, 0.05) is 12.6 Å². The van der Waals surface area contributed by atoms with E-state index < -0.39 is 6.61 Å². The SMILES string of the molecule is CC1CC(C)OC(c2ccc(OC(F)F)cc2)CN1. The second-order valence-electron chi connectivity index (χ2n) is 4.93. The predicted octanol–water partition coefficient (Wildman–Crippen LogP) is 3.12. The van der Waals surface area contributed by atoms with Crippen LogP contribution < -0.4 is 10.1 Å². The van der Waals surface area contributed by atoms with Crippen LogP contribution in [0.25, 0.3) is 0 Å². The van der Waals surface area contributed by atoms with Crippen molar-refractivity contribution in [3.05, 3.63) is 29.8 Å². The fourth-order valence-electron chi connectivity index (χ4n) is 2.33. The van der Waals surface area contributed by atoms with Gasteiger partial charge in [-0.1, -0.05) is 12.1 Å². The summed E-state index contributed by atoms with van der Waals surface area (Å²) < 4.78 is 34.4. The van der Waals surface area contributed by atoms with Crippen LogP contribution in [0, 0.1) is 0 Å². The van der Waals surface area contributed by atoms with E-state index in [1.807, 2.05) is 6.92 Å². The molecule has 3 nitrogen and oxygen atoms in total. The van der Waals surface area contributed by atoms with Gasteiger partial charge in [0.1, 0.15) is 5.75 Å². The summed E-state index contributed by atoms with van der Waals surface area (Å²) in [7, 11) is 0. The van der Waals surface area contributed by atoms with E-state index in [1.165, 1.54) is 0 Å². The van der Waals surface area contributed by atoms with Gasteiger partial charge >= 0.3 is 6.61 Å². The zero-order valence-electron chi connectivity index (χ0n) is 11.1. The highest BCUT2D eigenvalue weighted by Crippen LogP contribution is 2.25. The number of halogens is 2. The first-order valence-corrected chi connectivity index (χ1v) is 6.48. The Kier molecular flexibility index (Phi) is 4.71. The van der Waals surface area contributed by atoms with Crippen molar-refractivity contribution < 1.29 is 18.3 Å². The molecule has 1 fully saturated rings. The lowest BCUT2D eigenvalue weighted by Gasteiger charge is -2.19. The smallest absolute Gasteiger partial charge is 0.387 e. The first-order chi connectivity index (χ1) is 9.04. The van der Waals surface area contributed by atoms with Crippen molar-refractivity contribution in [2.45, 2.75) is 45.1 Å². The summed E-state index contributed by atoms with van der Waals surface area (Å²) in [5, 5.41) is 3.39. The van der Waals surface area contributed by atoms with Crippen molar-refractivity contribution in [2.75, 3.05) is 6.54 Å². The van der Waals surface area contributed by atoms with E-state index in [0.29, 0.717) is 6.04 Å². The van der Waals surface area contributed by atoms with Gasteiger partial charge in [-0.2, -0.15) is 8.78 Å². The topological polar surface area (TPSA) is 30.5 Å². The van der Waals surface area contributed by atoms with Crippen LogP contribution in [0.5, 0.6) is 5.75 Å². The standard InChI is InChI=1S/C14H19F2NO2/c1-9-7-10(2)18-13(8-17-9)11-3-5-12(6-4-11)19-14(15)16/h3-6,9-10,13-14,17H,7-8H2,1-2H3. The first kappa shape index (κ1) is 14.2. The Balaban J connectivity index is 2.04. The number of hydrogen-bond acceptors (Lipinski definition) is 3. The molecule has 1 aliphatic rings. The van der Waals surface area contributed by atoms with E-state index in [0.717, 1.165) is 18.5 Å². The van der Waals surface area contributed by atoms with Gasteiger partial charge in [0.15, 0.2) is 0 Å². The normalized spacial score (nSPS) is 28.2. The molecule has 0 amide bonds. The lowest BCUT2D eigenvalue weighted by molar-refractivity contribution is -0.0498. The highest BCUT2D eigenvalue weighted by atomic mass is 19.3. The molecule has 1 heterocycles. The van der Waals surface area contributed by atoms with Gasteiger partial charge in [-0.3, -0.25) is 0 Å². The fourth-order valence-corrected chi connectivity index (χ4v) is 2.33. The van der Waals surface area contributed by atoms with E-state index in [1.54, 1.807) is 24.3 Å². The molecule has 106 valence electrons. The molecule has 0 bridgehead atoms. The van der Waals surface area contributed by atoms with Crippen LogP contribution in [0.2, 0.25) is 0 Å². The van der Waals surface area contributed by atoms with Crippen LogP contribution in [-0.2, 0) is 4.74 Å². The molecule has 1 saturated heterocycles. The van der Waals surface area contributed by atoms with Crippen molar-refractivity contribution in [3.8, 4) is 5.75 Å². The second-order valence-corrected chi connectivity index (χ2v) is 4.93. The largest absolute Gasteiger partial charge is 0.435 e. The predicted molar refractivity (Wildman–Crippen MR) is 68.4 cm³/mol. The molecule has 0 spiro atoms. The van der Waals surface area contributed by atoms with E-state index in [9.17, 15) is 8.78 Å². The Bertz CT molecular complexity index is 397. The quantitative estimate of drug-likeness (QED) is 0.916. The zero-order valence-corrected chi connectivity index (χ0v) is 11.1. The first-order valence-electron chi connectivity index (χ1n) is 6.48. The number of benzene rings is 1. The van der Waals surface area contributed by atoms with Gasteiger partial charge in [0.2, 0.25) is 0 Å². The summed E-state index contributed by atoms with van der Waals surface area (Å²) >= 11 is 0. The summed E-state index contributed by atoms with van der Waals surface area (Å²) in [6.07, 6.45) is 1.08. The third-order valence-electron chi connectivity index (χ3n) is 3.21. The molecule has 0 saturated carbocycles. The highest BCUT2D eigenvalue weighted by Gasteiger charge is 2.22. The third-order valence-corrected chi connectivity index (χ3v) is 3.21. The van der Waals surface area contributed by atoms with Crippen LogP contribution in [0.4, 0.5) is 8.78 Å². The van der Waals surface area contributed by atoms with Crippen molar-refractivity contribution in [1.82, 2.24) is 5.32 Å². The molecule has 3 unspecified atom stereocenters. The maximum Gasteiger partial charge on any atom is 0.387 e. The van der Waals surface area contributed by atoms with Crippen molar-refractivity contribution >= 4 is 0 Å². The van der Waals surface area contributed by atoms with E-state index in [2.05, 4.69) is 17.0 Å². The molecule has 19 heavy (non-hydrogen) atoms. The maximum absolute atomic E-state index is 12.1. The number of alkyl halides is 2. The van der Waals surface area contributed by atoms with E-state index in [-0.39, 0.29) is 18.0 Å². The Labute approximate surface area is 111 Å². The van der Waals surface area contributed by atoms with Gasteiger partial charge in [0.25, 0.3) is 0 Å². The molecular formula is C14H19F2NO2. The third kappa shape index (κ3) is 4.14. The van der Waals surface area contributed by atoms with Crippen LogP contribution in [0.3, 0.4) is 0 Å². The highest BCUT2D eigenvalue weighted by molar-refractivity contribution is 5.29. The molecule has 1 aromatic rings. The molecule has 5 heteroatoms. The summed E-state index contributed by atoms with van der Waals surface area (Å²) in [6, 6.07) is 7.05. The van der Waals surface area contributed by atoms with Crippen LogP contribution in [-0.4, -0.2) is 25.3 Å². The fraction of sp³-hybridized carbons (Fsp3) is 0.571. The van der Waals surface area contributed by atoms with Crippen molar-refractivity contribution in [2.24, 2.45) is 0 Å². The molecule has 1 aliphatic heterocycles. The molecule has 1 N–H and O–H groups in total. The zero-order chi connectivity index (χ0) is 13.8.